The topological polar surface area (TPSA) is 88.5 Å². The summed E-state index contributed by atoms with van der Waals surface area (Å²) in [6.45, 7) is 4.26. The van der Waals surface area contributed by atoms with Gasteiger partial charge < -0.3 is 24.2 Å². The van der Waals surface area contributed by atoms with Crippen LogP contribution in [0.15, 0.2) is 66.2 Å². The lowest BCUT2D eigenvalue weighted by molar-refractivity contribution is -0.140. The van der Waals surface area contributed by atoms with Crippen molar-refractivity contribution in [2.75, 3.05) is 53.6 Å². The number of hydrogen-bond acceptors (Lipinski definition) is 7. The molecule has 3 aromatic carbocycles. The van der Waals surface area contributed by atoms with Crippen molar-refractivity contribution >= 4 is 28.2 Å². The van der Waals surface area contributed by atoms with Crippen molar-refractivity contribution in [2.45, 2.75) is 12.5 Å². The molecule has 1 amide bonds. The van der Waals surface area contributed by atoms with Gasteiger partial charge in [0.1, 0.15) is 17.3 Å². The number of rotatable bonds is 8. The number of carbonyl (C=O) groups is 2. The van der Waals surface area contributed by atoms with E-state index in [1.165, 1.54) is 0 Å². The predicted octanol–water partition coefficient (Wildman–Crippen LogP) is 4.00. The summed E-state index contributed by atoms with van der Waals surface area (Å²) in [6, 6.07) is 17.6. The Morgan fingerprint density at radius 2 is 1.68 bits per heavy atom. The molecular formula is C30H32N2O6. The molecular weight excluding hydrogens is 484 g/mol. The van der Waals surface area contributed by atoms with Crippen molar-refractivity contribution < 1.29 is 28.9 Å². The molecule has 2 aliphatic rings. The van der Waals surface area contributed by atoms with Gasteiger partial charge in [0.05, 0.1) is 39.0 Å². The average molecular weight is 517 g/mol. The Labute approximate surface area is 222 Å². The summed E-state index contributed by atoms with van der Waals surface area (Å²) in [5.74, 6) is -0.232. The summed E-state index contributed by atoms with van der Waals surface area (Å²) < 4.78 is 16.3. The van der Waals surface area contributed by atoms with Crippen LogP contribution in [-0.4, -0.2) is 80.2 Å². The number of fused-ring (bicyclic) bond motifs is 1. The number of morpholine rings is 1. The summed E-state index contributed by atoms with van der Waals surface area (Å²) in [4.78, 5) is 30.6. The maximum Gasteiger partial charge on any atom is 0.295 e. The van der Waals surface area contributed by atoms with Gasteiger partial charge in [-0.05, 0) is 41.5 Å². The fourth-order valence-corrected chi connectivity index (χ4v) is 5.27. The lowest BCUT2D eigenvalue weighted by atomic mass is 9.94. The van der Waals surface area contributed by atoms with Crippen molar-refractivity contribution in [1.29, 1.82) is 0 Å². The average Bonchev–Trinajstić information content (AvgIpc) is 3.21. The smallest absolute Gasteiger partial charge is 0.295 e. The zero-order valence-corrected chi connectivity index (χ0v) is 21.7. The van der Waals surface area contributed by atoms with Gasteiger partial charge in [-0.2, -0.15) is 0 Å². The van der Waals surface area contributed by atoms with Gasteiger partial charge in [-0.1, -0.05) is 36.4 Å². The Morgan fingerprint density at radius 1 is 0.947 bits per heavy atom. The Hall–Kier alpha value is -3.88. The van der Waals surface area contributed by atoms with E-state index in [1.807, 2.05) is 48.5 Å². The van der Waals surface area contributed by atoms with E-state index in [-0.39, 0.29) is 11.3 Å². The van der Waals surface area contributed by atoms with E-state index in [0.29, 0.717) is 43.1 Å². The van der Waals surface area contributed by atoms with Crippen molar-refractivity contribution in [3.63, 3.8) is 0 Å². The number of amides is 1. The van der Waals surface area contributed by atoms with E-state index in [2.05, 4.69) is 4.90 Å². The first kappa shape index (κ1) is 25.8. The summed E-state index contributed by atoms with van der Waals surface area (Å²) in [5.41, 5.74) is 1.19. The Bertz CT molecular complexity index is 1380. The largest absolute Gasteiger partial charge is 0.507 e. The van der Waals surface area contributed by atoms with Gasteiger partial charge >= 0.3 is 0 Å². The number of Topliss-reactive ketones (excluding diaryl/α,β-unsaturated/α-hetero) is 1. The highest BCUT2D eigenvalue weighted by molar-refractivity contribution is 6.46. The number of ketones is 1. The van der Waals surface area contributed by atoms with Crippen molar-refractivity contribution in [3.8, 4) is 11.5 Å². The Kier molecular flexibility index (Phi) is 7.62. The van der Waals surface area contributed by atoms with Crippen molar-refractivity contribution in [2.24, 2.45) is 0 Å². The monoisotopic (exact) mass is 516 g/mol. The number of carbonyl (C=O) groups excluding carboxylic acids is 2. The maximum atomic E-state index is 13.4. The molecule has 0 radical (unpaired) electrons. The number of ether oxygens (including phenoxy) is 3. The molecule has 2 aliphatic heterocycles. The van der Waals surface area contributed by atoms with E-state index in [0.717, 1.165) is 36.2 Å². The molecule has 1 atom stereocenters. The minimum Gasteiger partial charge on any atom is -0.507 e. The zero-order chi connectivity index (χ0) is 26.6. The lowest BCUT2D eigenvalue weighted by Gasteiger charge is -2.29. The first-order chi connectivity index (χ1) is 18.5. The zero-order valence-electron chi connectivity index (χ0n) is 21.7. The highest BCUT2D eigenvalue weighted by atomic mass is 16.5. The number of hydrogen-bond donors (Lipinski definition) is 1. The second kappa shape index (κ2) is 11.2. The van der Waals surface area contributed by atoms with Crippen LogP contribution in [0.2, 0.25) is 0 Å². The van der Waals surface area contributed by atoms with Crippen LogP contribution in [0.3, 0.4) is 0 Å². The molecule has 0 aliphatic carbocycles. The molecule has 2 fully saturated rings. The predicted molar refractivity (Wildman–Crippen MR) is 144 cm³/mol. The van der Waals surface area contributed by atoms with Gasteiger partial charge in [-0.25, -0.2) is 0 Å². The van der Waals surface area contributed by atoms with E-state index in [9.17, 15) is 14.7 Å². The van der Waals surface area contributed by atoms with Gasteiger partial charge in [-0.15, -0.1) is 0 Å². The molecule has 8 nitrogen and oxygen atoms in total. The minimum absolute atomic E-state index is 0.0683. The van der Waals surface area contributed by atoms with E-state index in [1.54, 1.807) is 31.3 Å². The normalized spacial score (nSPS) is 19.7. The van der Waals surface area contributed by atoms with E-state index < -0.39 is 17.7 Å². The molecule has 5 rings (SSSR count). The third kappa shape index (κ3) is 4.97. The second-order valence-corrected chi connectivity index (χ2v) is 9.47. The van der Waals surface area contributed by atoms with Crippen LogP contribution in [-0.2, 0) is 14.3 Å². The summed E-state index contributed by atoms with van der Waals surface area (Å²) in [6.07, 6.45) is 0.691. The molecule has 1 N–H and O–H groups in total. The molecule has 8 heteroatoms. The van der Waals surface area contributed by atoms with Gasteiger partial charge in [-0.3, -0.25) is 14.5 Å². The highest BCUT2D eigenvalue weighted by Crippen LogP contribution is 2.43. The number of likely N-dealkylation sites (tertiary alicyclic amines) is 1. The van der Waals surface area contributed by atoms with Crippen LogP contribution in [0, 0.1) is 0 Å². The number of nitrogens with zero attached hydrogens (tertiary/aromatic N) is 2. The SMILES string of the molecule is COc1ccc2cc(/C(O)=C3\C(=O)C(=O)N(CCCN4CCOCC4)C3c3ccccc3OC)ccc2c1. The molecule has 2 heterocycles. The second-order valence-electron chi connectivity index (χ2n) is 9.47. The minimum atomic E-state index is -0.762. The first-order valence-corrected chi connectivity index (χ1v) is 12.8. The summed E-state index contributed by atoms with van der Waals surface area (Å²) >= 11 is 0. The van der Waals surface area contributed by atoms with Crippen LogP contribution < -0.4 is 9.47 Å². The van der Waals surface area contributed by atoms with Crippen LogP contribution in [0.5, 0.6) is 11.5 Å². The van der Waals surface area contributed by atoms with Gasteiger partial charge in [0.15, 0.2) is 0 Å². The molecule has 3 aromatic rings. The third-order valence-corrected chi connectivity index (χ3v) is 7.27. The number of aliphatic hydroxyl groups is 1. The maximum absolute atomic E-state index is 13.4. The molecule has 38 heavy (non-hydrogen) atoms. The number of aliphatic hydroxyl groups excluding tert-OH is 1. The van der Waals surface area contributed by atoms with Crippen LogP contribution in [0.1, 0.15) is 23.6 Å². The first-order valence-electron chi connectivity index (χ1n) is 12.8. The molecule has 0 saturated carbocycles. The van der Waals surface area contributed by atoms with Gasteiger partial charge in [0.2, 0.25) is 0 Å². The quantitative estimate of drug-likeness (QED) is 0.275. The summed E-state index contributed by atoms with van der Waals surface area (Å²) in [7, 11) is 3.17. The van der Waals surface area contributed by atoms with Crippen LogP contribution in [0.25, 0.3) is 16.5 Å². The van der Waals surface area contributed by atoms with Gasteiger partial charge in [0, 0.05) is 37.3 Å². The Balaban J connectivity index is 1.53. The molecule has 1 unspecified atom stereocenters. The van der Waals surface area contributed by atoms with Crippen LogP contribution >= 0.6 is 0 Å². The molecule has 0 aromatic heterocycles. The fourth-order valence-electron chi connectivity index (χ4n) is 5.27. The lowest BCUT2D eigenvalue weighted by Crippen LogP contribution is -2.39. The number of para-hydroxylation sites is 1. The van der Waals surface area contributed by atoms with E-state index >= 15 is 0 Å². The highest BCUT2D eigenvalue weighted by Gasteiger charge is 2.46. The summed E-state index contributed by atoms with van der Waals surface area (Å²) in [5, 5.41) is 13.3. The molecule has 0 bridgehead atoms. The van der Waals surface area contributed by atoms with E-state index in [4.69, 9.17) is 14.2 Å². The third-order valence-electron chi connectivity index (χ3n) is 7.27. The molecule has 2 saturated heterocycles. The van der Waals surface area contributed by atoms with Gasteiger partial charge in [0.25, 0.3) is 11.7 Å². The van der Waals surface area contributed by atoms with Crippen molar-refractivity contribution in [1.82, 2.24) is 9.80 Å². The van der Waals surface area contributed by atoms with Crippen molar-refractivity contribution in [3.05, 3.63) is 77.4 Å². The molecule has 198 valence electrons. The standard InChI is InChI=1S/C30H32N2O6/c1-36-23-11-10-20-18-22(9-8-21(20)19-23)28(33)26-27(24-6-3-4-7-25(24)37-2)32(30(35)29(26)34)13-5-12-31-14-16-38-17-15-31/h3-4,6-11,18-19,27,33H,5,12-17H2,1-2H3/b28-26+. The Morgan fingerprint density at radius 3 is 2.45 bits per heavy atom. The fraction of sp³-hybridized carbons (Fsp3) is 0.333. The van der Waals surface area contributed by atoms with Crippen LogP contribution in [0.4, 0.5) is 0 Å². The number of methoxy groups -OCH3 is 2. The molecule has 0 spiro atoms. The number of benzene rings is 3.